The molecule has 2 rings (SSSR count). The van der Waals surface area contributed by atoms with Crippen LogP contribution in [-0.4, -0.2) is 6.54 Å². The second-order valence-electron chi connectivity index (χ2n) is 3.28. The zero-order valence-corrected chi connectivity index (χ0v) is 9.77. The summed E-state index contributed by atoms with van der Waals surface area (Å²) in [7, 11) is 0. The Labute approximate surface area is 96.3 Å². The molecule has 1 atom stereocenters. The van der Waals surface area contributed by atoms with Crippen molar-refractivity contribution in [2.45, 2.75) is 5.92 Å². The fourth-order valence-corrected chi connectivity index (χ4v) is 2.38. The van der Waals surface area contributed by atoms with Crippen molar-refractivity contribution < 1.29 is 0 Å². The zero-order valence-electron chi connectivity index (χ0n) is 7.43. The standard InChI is InChI=1S/C10H10BrClN2/c11-7-1-2-8(9(12)4-7)6-3-10(13)14-5-6/h1-4,6,14H,5,13H2/t6-/m0/s1. The van der Waals surface area contributed by atoms with E-state index in [0.29, 0.717) is 0 Å². The maximum Gasteiger partial charge on any atom is 0.0926 e. The Morgan fingerprint density at radius 2 is 2.29 bits per heavy atom. The van der Waals surface area contributed by atoms with Crippen molar-refractivity contribution in [1.29, 1.82) is 0 Å². The van der Waals surface area contributed by atoms with Crippen molar-refractivity contribution >= 4 is 27.5 Å². The van der Waals surface area contributed by atoms with E-state index in [0.717, 1.165) is 27.4 Å². The van der Waals surface area contributed by atoms with Gasteiger partial charge in [0.25, 0.3) is 0 Å². The van der Waals surface area contributed by atoms with Crippen molar-refractivity contribution in [3.8, 4) is 0 Å². The van der Waals surface area contributed by atoms with Crippen molar-refractivity contribution in [3.63, 3.8) is 0 Å². The number of benzene rings is 1. The molecule has 0 unspecified atom stereocenters. The maximum absolute atomic E-state index is 6.13. The van der Waals surface area contributed by atoms with Gasteiger partial charge in [-0.25, -0.2) is 0 Å². The number of hydrogen-bond donors (Lipinski definition) is 2. The lowest BCUT2D eigenvalue weighted by Crippen LogP contribution is -2.16. The van der Waals surface area contributed by atoms with Crippen LogP contribution in [0.25, 0.3) is 0 Å². The lowest BCUT2D eigenvalue weighted by atomic mass is 10.0. The highest BCUT2D eigenvalue weighted by Gasteiger charge is 2.17. The molecule has 1 aliphatic rings. The Morgan fingerprint density at radius 3 is 2.86 bits per heavy atom. The van der Waals surface area contributed by atoms with E-state index in [-0.39, 0.29) is 5.92 Å². The van der Waals surface area contributed by atoms with Crippen molar-refractivity contribution in [2.75, 3.05) is 6.54 Å². The molecule has 0 bridgehead atoms. The first kappa shape index (κ1) is 9.87. The summed E-state index contributed by atoms with van der Waals surface area (Å²) < 4.78 is 0.995. The molecule has 1 aromatic rings. The van der Waals surface area contributed by atoms with E-state index in [9.17, 15) is 0 Å². The van der Waals surface area contributed by atoms with Crippen LogP contribution in [0.15, 0.2) is 34.6 Å². The average Bonchev–Trinajstić information content (AvgIpc) is 2.51. The van der Waals surface area contributed by atoms with E-state index in [1.165, 1.54) is 0 Å². The van der Waals surface area contributed by atoms with Crippen LogP contribution in [0.2, 0.25) is 5.02 Å². The van der Waals surface area contributed by atoms with Crippen molar-refractivity contribution in [2.24, 2.45) is 5.73 Å². The summed E-state index contributed by atoms with van der Waals surface area (Å²) in [5.41, 5.74) is 6.75. The number of rotatable bonds is 1. The molecule has 0 spiro atoms. The molecule has 2 nitrogen and oxygen atoms in total. The molecule has 0 saturated heterocycles. The maximum atomic E-state index is 6.13. The Kier molecular flexibility index (Phi) is 2.70. The summed E-state index contributed by atoms with van der Waals surface area (Å²) in [5, 5.41) is 3.85. The first-order chi connectivity index (χ1) is 6.66. The summed E-state index contributed by atoms with van der Waals surface area (Å²) in [5.74, 6) is 1.02. The normalized spacial score (nSPS) is 20.4. The van der Waals surface area contributed by atoms with Crippen LogP contribution in [0, 0.1) is 0 Å². The van der Waals surface area contributed by atoms with Gasteiger partial charge in [0.2, 0.25) is 0 Å². The van der Waals surface area contributed by atoms with Gasteiger partial charge in [-0.05, 0) is 23.8 Å². The summed E-state index contributed by atoms with van der Waals surface area (Å²) in [6.45, 7) is 0.827. The fourth-order valence-electron chi connectivity index (χ4n) is 1.56. The third kappa shape index (κ3) is 1.88. The van der Waals surface area contributed by atoms with Gasteiger partial charge < -0.3 is 11.1 Å². The summed E-state index contributed by atoms with van der Waals surface area (Å²) in [6, 6.07) is 5.91. The Balaban J connectivity index is 2.33. The number of halogens is 2. The van der Waals surface area contributed by atoms with Crippen LogP contribution < -0.4 is 11.1 Å². The molecule has 0 saturated carbocycles. The number of nitrogens with one attached hydrogen (secondary N) is 1. The minimum Gasteiger partial charge on any atom is -0.386 e. The molecular formula is C10H10BrClN2. The minimum absolute atomic E-state index is 0.288. The largest absolute Gasteiger partial charge is 0.386 e. The van der Waals surface area contributed by atoms with Crippen LogP contribution in [0.3, 0.4) is 0 Å². The van der Waals surface area contributed by atoms with Gasteiger partial charge in [0.05, 0.1) is 5.82 Å². The predicted molar refractivity (Wildman–Crippen MR) is 62.2 cm³/mol. The third-order valence-corrected chi connectivity index (χ3v) is 3.09. The van der Waals surface area contributed by atoms with Gasteiger partial charge in [-0.1, -0.05) is 33.6 Å². The molecule has 0 amide bonds. The Hall–Kier alpha value is -0.670. The second kappa shape index (κ2) is 3.83. The van der Waals surface area contributed by atoms with Crippen LogP contribution in [-0.2, 0) is 0 Å². The lowest BCUT2D eigenvalue weighted by molar-refractivity contribution is 0.791. The lowest BCUT2D eigenvalue weighted by Gasteiger charge is -2.09. The zero-order chi connectivity index (χ0) is 10.1. The Bertz CT molecular complexity index is 390. The van der Waals surface area contributed by atoms with E-state index in [4.69, 9.17) is 17.3 Å². The molecule has 74 valence electrons. The summed E-state index contributed by atoms with van der Waals surface area (Å²) in [4.78, 5) is 0. The number of nitrogens with two attached hydrogens (primary N) is 1. The third-order valence-electron chi connectivity index (χ3n) is 2.27. The van der Waals surface area contributed by atoms with Crippen molar-refractivity contribution in [3.05, 3.63) is 45.2 Å². The molecule has 1 aliphatic heterocycles. The fraction of sp³-hybridized carbons (Fsp3) is 0.200. The highest BCUT2D eigenvalue weighted by Crippen LogP contribution is 2.30. The van der Waals surface area contributed by atoms with Gasteiger partial charge in [0, 0.05) is 22.0 Å². The topological polar surface area (TPSA) is 38.0 Å². The minimum atomic E-state index is 0.288. The van der Waals surface area contributed by atoms with E-state index in [1.807, 2.05) is 24.3 Å². The quantitative estimate of drug-likeness (QED) is 0.825. The molecule has 0 aliphatic carbocycles. The van der Waals surface area contributed by atoms with Crippen LogP contribution in [0.4, 0.5) is 0 Å². The average molecular weight is 274 g/mol. The monoisotopic (exact) mass is 272 g/mol. The van der Waals surface area contributed by atoms with E-state index >= 15 is 0 Å². The van der Waals surface area contributed by atoms with Gasteiger partial charge in [-0.2, -0.15) is 0 Å². The van der Waals surface area contributed by atoms with Gasteiger partial charge >= 0.3 is 0 Å². The van der Waals surface area contributed by atoms with Gasteiger partial charge in [-0.15, -0.1) is 0 Å². The molecule has 14 heavy (non-hydrogen) atoms. The van der Waals surface area contributed by atoms with Gasteiger partial charge in [-0.3, -0.25) is 0 Å². The smallest absolute Gasteiger partial charge is 0.0926 e. The van der Waals surface area contributed by atoms with Crippen LogP contribution >= 0.6 is 27.5 Å². The highest BCUT2D eigenvalue weighted by molar-refractivity contribution is 9.10. The predicted octanol–water partition coefficient (Wildman–Crippen LogP) is 2.59. The molecule has 0 radical (unpaired) electrons. The first-order valence-corrected chi connectivity index (χ1v) is 5.50. The molecular weight excluding hydrogens is 263 g/mol. The SMILES string of the molecule is NC1=C[C@H](c2ccc(Br)cc2Cl)CN1. The summed E-state index contributed by atoms with van der Waals surface area (Å²) >= 11 is 9.51. The molecule has 0 aromatic heterocycles. The molecule has 3 N–H and O–H groups in total. The van der Waals surface area contributed by atoms with E-state index < -0.39 is 0 Å². The Morgan fingerprint density at radius 1 is 1.50 bits per heavy atom. The van der Waals surface area contributed by atoms with Gasteiger partial charge in [0.1, 0.15) is 0 Å². The molecule has 4 heteroatoms. The highest BCUT2D eigenvalue weighted by atomic mass is 79.9. The summed E-state index contributed by atoms with van der Waals surface area (Å²) in [6.07, 6.45) is 2.00. The molecule has 1 heterocycles. The van der Waals surface area contributed by atoms with E-state index in [2.05, 4.69) is 21.2 Å². The van der Waals surface area contributed by atoms with Crippen LogP contribution in [0.5, 0.6) is 0 Å². The van der Waals surface area contributed by atoms with E-state index in [1.54, 1.807) is 0 Å². The first-order valence-electron chi connectivity index (χ1n) is 4.33. The molecule has 0 fully saturated rings. The number of hydrogen-bond acceptors (Lipinski definition) is 2. The second-order valence-corrected chi connectivity index (χ2v) is 4.60. The van der Waals surface area contributed by atoms with Crippen molar-refractivity contribution in [1.82, 2.24) is 5.32 Å². The van der Waals surface area contributed by atoms with Crippen LogP contribution in [0.1, 0.15) is 11.5 Å². The molecule has 1 aromatic carbocycles. The van der Waals surface area contributed by atoms with Gasteiger partial charge in [0.15, 0.2) is 0 Å².